The van der Waals surface area contributed by atoms with E-state index in [1.165, 1.54) is 11.4 Å². The average molecular weight is 424 g/mol. The highest BCUT2D eigenvalue weighted by Crippen LogP contribution is 2.28. The van der Waals surface area contributed by atoms with Crippen LogP contribution in [0.2, 0.25) is 0 Å². The molecule has 2 rings (SSSR count). The minimum atomic E-state index is -3.60. The Morgan fingerprint density at radius 1 is 1.35 bits per heavy atom. The largest absolute Gasteiger partial charge is 0.263 e. The Morgan fingerprint density at radius 3 is 2.60 bits per heavy atom. The second-order valence-electron chi connectivity index (χ2n) is 4.17. The van der Waals surface area contributed by atoms with Crippen LogP contribution < -0.4 is 0 Å². The zero-order chi connectivity index (χ0) is 14.9. The number of benzene rings is 1. The van der Waals surface area contributed by atoms with Gasteiger partial charge in [-0.05, 0) is 41.1 Å². The second-order valence-corrected chi connectivity index (χ2v) is 7.96. The Hall–Kier alpha value is -0.770. The topological polar surface area (TPSA) is 79.0 Å². The first-order chi connectivity index (χ1) is 9.30. The molecule has 1 aromatic carbocycles. The van der Waals surface area contributed by atoms with E-state index in [0.29, 0.717) is 16.1 Å². The predicted molar refractivity (Wildman–Crippen MR) is 81.6 cm³/mol. The van der Waals surface area contributed by atoms with Gasteiger partial charge in [-0.25, -0.2) is 13.4 Å². The van der Waals surface area contributed by atoms with Crippen molar-refractivity contribution in [2.75, 3.05) is 7.05 Å². The smallest absolute Gasteiger partial charge is 0.244 e. The van der Waals surface area contributed by atoms with Gasteiger partial charge in [0.25, 0.3) is 0 Å². The Bertz CT molecular complexity index is 730. The van der Waals surface area contributed by atoms with Gasteiger partial charge < -0.3 is 0 Å². The quantitative estimate of drug-likeness (QED) is 0.819. The Kier molecular flexibility index (Phi) is 4.62. The summed E-state index contributed by atoms with van der Waals surface area (Å²) in [6.45, 7) is 1.87. The van der Waals surface area contributed by atoms with Crippen LogP contribution in [0, 0.1) is 6.92 Å². The molecule has 0 aliphatic carbocycles. The molecule has 0 aliphatic rings. The van der Waals surface area contributed by atoms with Crippen LogP contribution >= 0.6 is 31.9 Å². The van der Waals surface area contributed by atoms with Crippen LogP contribution in [0.5, 0.6) is 0 Å². The molecular weight excluding hydrogens is 412 g/mol. The van der Waals surface area contributed by atoms with E-state index < -0.39 is 10.0 Å². The minimum Gasteiger partial charge on any atom is -0.263 e. The van der Waals surface area contributed by atoms with Crippen LogP contribution in [0.3, 0.4) is 0 Å². The van der Waals surface area contributed by atoms with E-state index in [4.69, 9.17) is 0 Å². The van der Waals surface area contributed by atoms with Crippen LogP contribution in [0.4, 0.5) is 0 Å². The van der Waals surface area contributed by atoms with Gasteiger partial charge in [-0.2, -0.15) is 9.40 Å². The third-order valence-electron chi connectivity index (χ3n) is 2.59. The fourth-order valence-electron chi connectivity index (χ4n) is 1.60. The van der Waals surface area contributed by atoms with Crippen LogP contribution in [0.1, 0.15) is 11.6 Å². The van der Waals surface area contributed by atoms with E-state index in [9.17, 15) is 8.42 Å². The summed E-state index contributed by atoms with van der Waals surface area (Å²) in [5.41, 5.74) is 0. The summed E-state index contributed by atoms with van der Waals surface area (Å²) in [7, 11) is -2.11. The standard InChI is InChI=1S/C11H12Br2N4O2S/c1-7-14-11(16-15-7)6-17(2)20(18,19)10-4-3-8(12)5-9(10)13/h3-5H,6H2,1-2H3,(H,14,15,16). The Morgan fingerprint density at radius 2 is 2.05 bits per heavy atom. The first-order valence-electron chi connectivity index (χ1n) is 5.60. The molecule has 0 bridgehead atoms. The van der Waals surface area contributed by atoms with E-state index in [-0.39, 0.29) is 11.4 Å². The summed E-state index contributed by atoms with van der Waals surface area (Å²) < 4.78 is 27.5. The van der Waals surface area contributed by atoms with Gasteiger partial charge in [0.1, 0.15) is 5.82 Å². The van der Waals surface area contributed by atoms with E-state index in [1.54, 1.807) is 25.1 Å². The molecule has 0 amide bonds. The molecule has 0 saturated heterocycles. The van der Waals surface area contributed by atoms with Gasteiger partial charge in [-0.15, -0.1) is 0 Å². The maximum atomic E-state index is 12.5. The number of aryl methyl sites for hydroxylation is 1. The van der Waals surface area contributed by atoms with Gasteiger partial charge in [-0.3, -0.25) is 5.10 Å². The van der Waals surface area contributed by atoms with Crippen LogP contribution in [0.25, 0.3) is 0 Å². The number of nitrogens with zero attached hydrogens (tertiary/aromatic N) is 3. The number of aromatic nitrogens is 3. The molecule has 6 nitrogen and oxygen atoms in total. The molecule has 0 fully saturated rings. The summed E-state index contributed by atoms with van der Waals surface area (Å²) in [5, 5.41) is 6.62. The normalized spacial score (nSPS) is 12.1. The molecule has 0 spiro atoms. The number of aromatic amines is 1. The van der Waals surface area contributed by atoms with Gasteiger partial charge in [0.05, 0.1) is 11.4 Å². The van der Waals surface area contributed by atoms with Crippen molar-refractivity contribution in [2.45, 2.75) is 18.4 Å². The lowest BCUT2D eigenvalue weighted by Gasteiger charge is -2.16. The highest BCUT2D eigenvalue weighted by atomic mass is 79.9. The summed E-state index contributed by atoms with van der Waals surface area (Å²) in [5.74, 6) is 1.08. The van der Waals surface area contributed by atoms with Gasteiger partial charge in [-0.1, -0.05) is 15.9 Å². The van der Waals surface area contributed by atoms with Crippen molar-refractivity contribution in [3.8, 4) is 0 Å². The SMILES string of the molecule is Cc1nc(CN(C)S(=O)(=O)c2ccc(Br)cc2Br)n[nH]1. The van der Waals surface area contributed by atoms with Crippen molar-refractivity contribution >= 4 is 41.9 Å². The molecule has 9 heteroatoms. The Labute approximate surface area is 133 Å². The summed E-state index contributed by atoms with van der Waals surface area (Å²) in [4.78, 5) is 4.31. The third kappa shape index (κ3) is 3.27. The number of hydrogen-bond acceptors (Lipinski definition) is 4. The molecule has 0 atom stereocenters. The lowest BCUT2D eigenvalue weighted by Crippen LogP contribution is -2.27. The molecule has 0 unspecified atom stereocenters. The molecule has 108 valence electrons. The van der Waals surface area contributed by atoms with Gasteiger partial charge >= 0.3 is 0 Å². The molecule has 0 saturated carbocycles. The monoisotopic (exact) mass is 422 g/mol. The van der Waals surface area contributed by atoms with E-state index in [2.05, 4.69) is 47.0 Å². The third-order valence-corrected chi connectivity index (χ3v) is 5.86. The number of rotatable bonds is 4. The predicted octanol–water partition coefficient (Wildman–Crippen LogP) is 2.46. The maximum Gasteiger partial charge on any atom is 0.244 e. The van der Waals surface area contributed by atoms with Crippen LogP contribution in [0.15, 0.2) is 32.0 Å². The summed E-state index contributed by atoms with van der Waals surface area (Å²) in [6.07, 6.45) is 0. The first-order valence-corrected chi connectivity index (χ1v) is 8.62. The minimum absolute atomic E-state index is 0.106. The highest BCUT2D eigenvalue weighted by Gasteiger charge is 2.24. The first kappa shape index (κ1) is 15.6. The van der Waals surface area contributed by atoms with Crippen molar-refractivity contribution in [2.24, 2.45) is 0 Å². The van der Waals surface area contributed by atoms with Crippen molar-refractivity contribution in [3.63, 3.8) is 0 Å². The van der Waals surface area contributed by atoms with Gasteiger partial charge in [0, 0.05) is 16.0 Å². The number of nitrogens with one attached hydrogen (secondary N) is 1. The van der Waals surface area contributed by atoms with Gasteiger partial charge in [0.2, 0.25) is 10.0 Å². The van der Waals surface area contributed by atoms with Gasteiger partial charge in [0.15, 0.2) is 5.82 Å². The molecule has 1 N–H and O–H groups in total. The molecule has 0 aliphatic heterocycles. The molecule has 1 heterocycles. The van der Waals surface area contributed by atoms with E-state index >= 15 is 0 Å². The zero-order valence-electron chi connectivity index (χ0n) is 10.8. The van der Waals surface area contributed by atoms with Crippen molar-refractivity contribution in [1.82, 2.24) is 19.5 Å². The van der Waals surface area contributed by atoms with Crippen molar-refractivity contribution in [3.05, 3.63) is 38.8 Å². The second kappa shape index (κ2) is 5.92. The number of halogens is 2. The number of H-pyrrole nitrogens is 1. The van der Waals surface area contributed by atoms with E-state index in [0.717, 1.165) is 4.47 Å². The lowest BCUT2D eigenvalue weighted by atomic mass is 10.4. The molecular formula is C11H12Br2N4O2S. The molecule has 20 heavy (non-hydrogen) atoms. The fraction of sp³-hybridized carbons (Fsp3) is 0.273. The number of sulfonamides is 1. The van der Waals surface area contributed by atoms with Crippen molar-refractivity contribution in [1.29, 1.82) is 0 Å². The summed E-state index contributed by atoms with van der Waals surface area (Å²) >= 11 is 6.56. The lowest BCUT2D eigenvalue weighted by molar-refractivity contribution is 0.457. The summed E-state index contributed by atoms with van der Waals surface area (Å²) in [6, 6.07) is 4.92. The fourth-order valence-corrected chi connectivity index (χ4v) is 4.42. The highest BCUT2D eigenvalue weighted by molar-refractivity contribution is 9.11. The molecule has 0 radical (unpaired) electrons. The molecule has 1 aromatic heterocycles. The van der Waals surface area contributed by atoms with Crippen LogP contribution in [-0.2, 0) is 16.6 Å². The number of hydrogen-bond donors (Lipinski definition) is 1. The van der Waals surface area contributed by atoms with Crippen molar-refractivity contribution < 1.29 is 8.42 Å². The Balaban J connectivity index is 2.29. The van der Waals surface area contributed by atoms with E-state index in [1.807, 2.05) is 0 Å². The zero-order valence-corrected chi connectivity index (χ0v) is 14.7. The molecule has 2 aromatic rings. The van der Waals surface area contributed by atoms with Crippen LogP contribution in [-0.4, -0.2) is 35.0 Å². The average Bonchev–Trinajstić information content (AvgIpc) is 2.74. The maximum absolute atomic E-state index is 12.5.